The third kappa shape index (κ3) is 39.4. The molecule has 33 nitrogen and oxygen atoms in total. The van der Waals surface area contributed by atoms with Crippen LogP contribution < -0.4 is 30.2 Å². The van der Waals surface area contributed by atoms with Crippen molar-refractivity contribution >= 4 is 53.5 Å². The summed E-state index contributed by atoms with van der Waals surface area (Å²) < 4.78 is 124. The molecular formula is C86H116FN15O18. The molecule has 0 atom stereocenters. The summed E-state index contributed by atoms with van der Waals surface area (Å²) in [6, 6.07) is 35.9. The Morgan fingerprint density at radius 2 is 0.608 bits per heavy atom. The molecule has 0 aliphatic carbocycles. The fourth-order valence-corrected chi connectivity index (χ4v) is 11.1. The van der Waals surface area contributed by atoms with E-state index in [4.69, 9.17) is 85.3 Å². The van der Waals surface area contributed by atoms with Gasteiger partial charge in [0.2, 0.25) is 17.6 Å². The molecule has 0 bridgehead atoms. The van der Waals surface area contributed by atoms with Gasteiger partial charge < -0.3 is 101 Å². The van der Waals surface area contributed by atoms with Crippen molar-refractivity contribution in [3.63, 3.8) is 0 Å². The number of rotatable bonds is 70. The first-order chi connectivity index (χ1) is 59.3. The summed E-state index contributed by atoms with van der Waals surface area (Å²) in [4.78, 5) is 13.2. The molecule has 3 N–H and O–H groups in total. The van der Waals surface area contributed by atoms with Crippen LogP contribution >= 0.6 is 0 Å². The molecule has 6 heterocycles. The highest BCUT2D eigenvalue weighted by atomic mass is 19.1. The molecule has 0 radical (unpaired) electrons. The van der Waals surface area contributed by atoms with Gasteiger partial charge in [0.15, 0.2) is 0 Å². The van der Waals surface area contributed by atoms with Crippen LogP contribution in [0.25, 0.3) is 36.5 Å². The normalized spacial score (nSPS) is 11.8. The molecule has 0 aliphatic heterocycles. The van der Waals surface area contributed by atoms with Gasteiger partial charge in [-0.1, -0.05) is 88.5 Å². The molecule has 0 saturated carbocycles. The Morgan fingerprint density at radius 3 is 0.950 bits per heavy atom. The van der Waals surface area contributed by atoms with E-state index in [9.17, 15) is 4.39 Å². The smallest absolute Gasteiger partial charge is 0.213 e. The average molecular weight is 1670 g/mol. The van der Waals surface area contributed by atoms with Gasteiger partial charge in [0.05, 0.1) is 248 Å². The van der Waals surface area contributed by atoms with E-state index in [2.05, 4.69) is 98.2 Å². The predicted molar refractivity (Wildman–Crippen MR) is 451 cm³/mol. The Kier molecular flexibility index (Phi) is 45.9. The maximum Gasteiger partial charge on any atom is 0.213 e. The molecule has 9 aromatic rings. The highest BCUT2D eigenvalue weighted by Crippen LogP contribution is 2.24. The molecule has 120 heavy (non-hydrogen) atoms. The second-order valence-electron chi connectivity index (χ2n) is 26.8. The van der Waals surface area contributed by atoms with E-state index in [1.54, 1.807) is 38.8 Å². The third-order valence-electron chi connectivity index (χ3n) is 17.5. The van der Waals surface area contributed by atoms with Crippen molar-refractivity contribution in [2.24, 2.45) is 5.41 Å². The van der Waals surface area contributed by atoms with E-state index in [1.165, 1.54) is 0 Å². The topological polar surface area (TPSA) is 333 Å². The first-order valence-corrected chi connectivity index (χ1v) is 40.3. The Balaban J connectivity index is 0.672. The number of aromatic nitrogens is 12. The number of ether oxygens (including phenoxy) is 18. The SMILES string of the molecule is CNc1ccc(/C=C/c2ccc(OCCOCCOCCOCCn3cc(COCC(COCCOCCOCCF)(COCc4cn(CCOCCOCCOCCOc5ccc(/C=C/c6ccc(NC)cc6)cn5)nn4)COCc4cnnn4CCOCCOCCOCCOc4ccc(/C=C/c5ccc(NC)cc5)cn4)nn3)nc2)cc1. The average Bonchev–Trinajstić information content (AvgIpc) is 1.35. The van der Waals surface area contributed by atoms with Crippen molar-refractivity contribution in [3.8, 4) is 17.6 Å². The molecule has 0 unspecified atom stereocenters. The molecule has 0 amide bonds. The molecule has 0 saturated heterocycles. The van der Waals surface area contributed by atoms with E-state index in [0.717, 1.165) is 56.1 Å². The van der Waals surface area contributed by atoms with Crippen molar-refractivity contribution < 1.29 is 89.7 Å². The van der Waals surface area contributed by atoms with E-state index in [-0.39, 0.29) is 79.3 Å². The molecule has 6 aromatic heterocycles. The zero-order valence-corrected chi connectivity index (χ0v) is 69.1. The number of nitrogens with one attached hydrogen (secondary N) is 3. The monoisotopic (exact) mass is 1670 g/mol. The van der Waals surface area contributed by atoms with E-state index in [1.807, 2.05) is 143 Å². The van der Waals surface area contributed by atoms with Gasteiger partial charge in [-0.05, 0) is 88.0 Å². The van der Waals surface area contributed by atoms with Crippen LogP contribution in [-0.4, -0.2) is 286 Å². The number of nitrogens with zero attached hydrogens (tertiary/aromatic N) is 12. The van der Waals surface area contributed by atoms with Crippen LogP contribution in [0.3, 0.4) is 0 Å². The van der Waals surface area contributed by atoms with Gasteiger partial charge >= 0.3 is 0 Å². The van der Waals surface area contributed by atoms with Gasteiger partial charge in [-0.15, -0.1) is 15.3 Å². The lowest BCUT2D eigenvalue weighted by Crippen LogP contribution is -2.42. The molecule has 9 rings (SSSR count). The highest BCUT2D eigenvalue weighted by Gasteiger charge is 2.33. The van der Waals surface area contributed by atoms with E-state index < -0.39 is 12.1 Å². The number of hydrogen-bond acceptors (Lipinski definition) is 30. The van der Waals surface area contributed by atoms with Gasteiger partial charge in [-0.3, -0.25) is 0 Å². The summed E-state index contributed by atoms with van der Waals surface area (Å²) in [5.74, 6) is 1.58. The maximum absolute atomic E-state index is 12.7. The maximum atomic E-state index is 12.7. The number of hydrogen-bond donors (Lipinski definition) is 3. The Morgan fingerprint density at radius 1 is 0.308 bits per heavy atom. The molecule has 0 fully saturated rings. The second kappa shape index (κ2) is 58.7. The standard InChI is InChI=1S/C86H116FN15O18/c1-88-77-19-10-71(11-20-77)4-7-74-16-25-83(91-58-74)118-55-52-111-47-44-107-41-37-104-33-29-100-62-80(95-98-100)64-115-68-86(67-114-51-50-110-40-36-103-32-28-87,69-116-65-81-63-101(99-96-81)30-34-105-38-42-108-45-48-112-53-56-119-84-26-17-75(59-92-84)8-5-72-12-21-78(89-2)22-13-72)70-117-66-82-61-94-97-102(82)31-35-106-39-43-109-46-49-113-54-57-120-85-27-18-76(60-93-85)9-6-73-14-23-79(90-3)24-15-73/h4-27,58-63,88-90H,28-57,64-70H2,1-3H3/b7-4+,8-5+,9-6+. The summed E-state index contributed by atoms with van der Waals surface area (Å²) in [6.07, 6.45) is 22.8. The Bertz CT molecular complexity index is 4020. The number of anilines is 3. The van der Waals surface area contributed by atoms with Crippen molar-refractivity contribution in [2.45, 2.75) is 39.5 Å². The van der Waals surface area contributed by atoms with Gasteiger partial charge in [0.25, 0.3) is 0 Å². The van der Waals surface area contributed by atoms with E-state index >= 15 is 0 Å². The first kappa shape index (κ1) is 93.7. The minimum Gasteiger partial charge on any atom is -0.475 e. The quantitative estimate of drug-likeness (QED) is 0.0298. The number of halogens is 1. The van der Waals surface area contributed by atoms with Crippen LogP contribution in [0.5, 0.6) is 17.6 Å². The van der Waals surface area contributed by atoms with Gasteiger partial charge in [0.1, 0.15) is 37.9 Å². The fourth-order valence-electron chi connectivity index (χ4n) is 11.1. The van der Waals surface area contributed by atoms with Crippen LogP contribution in [0.1, 0.15) is 50.5 Å². The molecule has 0 aliphatic rings. The zero-order chi connectivity index (χ0) is 83.5. The van der Waals surface area contributed by atoms with Crippen LogP contribution in [0, 0.1) is 5.41 Å². The van der Waals surface area contributed by atoms with Crippen LogP contribution in [0.4, 0.5) is 21.5 Å². The second-order valence-corrected chi connectivity index (χ2v) is 26.8. The molecule has 34 heteroatoms. The molecule has 3 aromatic carbocycles. The van der Waals surface area contributed by atoms with Gasteiger partial charge in [-0.25, -0.2) is 33.4 Å². The van der Waals surface area contributed by atoms with Crippen molar-refractivity contribution in [2.75, 3.05) is 242 Å². The lowest BCUT2D eigenvalue weighted by molar-refractivity contribution is -0.120. The Hall–Kier alpha value is -10.1. The van der Waals surface area contributed by atoms with Crippen molar-refractivity contribution in [3.05, 3.63) is 197 Å². The summed E-state index contributed by atoms with van der Waals surface area (Å²) >= 11 is 0. The van der Waals surface area contributed by atoms with Gasteiger partial charge in [0, 0.05) is 75.0 Å². The third-order valence-corrected chi connectivity index (χ3v) is 17.5. The largest absolute Gasteiger partial charge is 0.475 e. The Labute approximate surface area is 701 Å². The molecule has 0 spiro atoms. The van der Waals surface area contributed by atoms with Crippen molar-refractivity contribution in [1.29, 1.82) is 0 Å². The number of alkyl halides is 1. The minimum atomic E-state index is -0.900. The summed E-state index contributed by atoms with van der Waals surface area (Å²) in [6.45, 7) is 10.7. The predicted octanol–water partition coefficient (Wildman–Crippen LogP) is 9.62. The van der Waals surface area contributed by atoms with E-state index in [0.29, 0.717) is 187 Å². The summed E-state index contributed by atoms with van der Waals surface area (Å²) in [5.41, 5.74) is 10.4. The molecular weight excluding hydrogens is 1550 g/mol. The fraction of sp³-hybridized carbons (Fsp3) is 0.477. The van der Waals surface area contributed by atoms with Crippen molar-refractivity contribution in [1.82, 2.24) is 59.9 Å². The van der Waals surface area contributed by atoms with Crippen LogP contribution in [0.2, 0.25) is 0 Å². The van der Waals surface area contributed by atoms with Crippen LogP contribution in [-0.2, 0) is 111 Å². The van der Waals surface area contributed by atoms with Gasteiger partial charge in [-0.2, -0.15) is 0 Å². The lowest BCUT2D eigenvalue weighted by Gasteiger charge is -2.33. The number of benzene rings is 3. The molecule has 650 valence electrons. The minimum absolute atomic E-state index is 0.00530. The lowest BCUT2D eigenvalue weighted by atomic mass is 9.92. The van der Waals surface area contributed by atoms with Crippen LogP contribution in [0.15, 0.2) is 146 Å². The highest BCUT2D eigenvalue weighted by molar-refractivity contribution is 5.72. The zero-order valence-electron chi connectivity index (χ0n) is 69.1. The first-order valence-electron chi connectivity index (χ1n) is 40.3. The summed E-state index contributed by atoms with van der Waals surface area (Å²) in [5, 5.41) is 35.3. The summed E-state index contributed by atoms with van der Waals surface area (Å²) in [7, 11) is 5.69. The number of pyridine rings is 3.